The van der Waals surface area contributed by atoms with E-state index in [9.17, 15) is 0 Å². The van der Waals surface area contributed by atoms with Crippen molar-refractivity contribution in [2.75, 3.05) is 67.3 Å². The zero-order chi connectivity index (χ0) is 22.6. The number of benzene rings is 1. The number of nitrogens with zero attached hydrogens (tertiary/aromatic N) is 3. The van der Waals surface area contributed by atoms with E-state index in [2.05, 4.69) is 52.4 Å². The van der Waals surface area contributed by atoms with Gasteiger partial charge in [0.1, 0.15) is 12.4 Å². The minimum absolute atomic E-state index is 0. The number of likely N-dealkylation sites (N-methyl/N-ethyl adjacent to an activating group) is 1. The van der Waals surface area contributed by atoms with Crippen LogP contribution in [0.5, 0.6) is 5.75 Å². The molecule has 0 aromatic heterocycles. The summed E-state index contributed by atoms with van der Waals surface area (Å²) >= 11 is 0. The van der Waals surface area contributed by atoms with Crippen LogP contribution in [0.25, 0.3) is 0 Å². The maximum absolute atomic E-state index is 6.04. The Kier molecular flexibility index (Phi) is 13.4. The van der Waals surface area contributed by atoms with Gasteiger partial charge in [0.2, 0.25) is 0 Å². The number of aliphatic imine (C=N–C) groups is 1. The fourth-order valence-electron chi connectivity index (χ4n) is 4.44. The van der Waals surface area contributed by atoms with Crippen molar-refractivity contribution >= 4 is 29.9 Å². The normalized spacial score (nSPS) is 18.1. The third-order valence-corrected chi connectivity index (χ3v) is 6.66. The Bertz CT molecular complexity index is 694. The standard InChI is InChI=1S/C25H42N4O3.HI/c1-26-25(29(3)12-7-21-8-14-30-15-9-21)27-20-22-5-4-6-24(19-22)32-18-13-28(2)23-10-16-31-17-11-23;/h4-6,19,21,23H,7-18,20H2,1-3H3,(H,26,27);1H. The number of ether oxygens (including phenoxy) is 3. The fourth-order valence-corrected chi connectivity index (χ4v) is 4.44. The number of hydrogen-bond acceptors (Lipinski definition) is 5. The number of halogens is 1. The lowest BCUT2D eigenvalue weighted by atomic mass is 9.96. The van der Waals surface area contributed by atoms with Gasteiger partial charge in [-0.25, -0.2) is 0 Å². The van der Waals surface area contributed by atoms with Gasteiger partial charge in [-0.1, -0.05) is 12.1 Å². The molecule has 0 radical (unpaired) electrons. The molecular formula is C25H43IN4O3. The summed E-state index contributed by atoms with van der Waals surface area (Å²) in [7, 11) is 6.15. The first kappa shape index (κ1) is 28.1. The highest BCUT2D eigenvalue weighted by Crippen LogP contribution is 2.19. The van der Waals surface area contributed by atoms with Crippen molar-refractivity contribution in [1.29, 1.82) is 0 Å². The number of hydrogen-bond donors (Lipinski definition) is 1. The largest absolute Gasteiger partial charge is 0.492 e. The molecule has 0 bridgehead atoms. The van der Waals surface area contributed by atoms with E-state index in [4.69, 9.17) is 14.2 Å². The molecule has 0 spiro atoms. The van der Waals surface area contributed by atoms with Crippen molar-refractivity contribution in [3.63, 3.8) is 0 Å². The average Bonchev–Trinajstić information content (AvgIpc) is 2.84. The zero-order valence-electron chi connectivity index (χ0n) is 20.6. The summed E-state index contributed by atoms with van der Waals surface area (Å²) < 4.78 is 17.0. The highest BCUT2D eigenvalue weighted by atomic mass is 127. The molecule has 2 heterocycles. The van der Waals surface area contributed by atoms with Gasteiger partial charge in [-0.3, -0.25) is 9.89 Å². The molecule has 2 fully saturated rings. The zero-order valence-corrected chi connectivity index (χ0v) is 23.0. The lowest BCUT2D eigenvalue weighted by Gasteiger charge is -2.31. The van der Waals surface area contributed by atoms with Gasteiger partial charge in [-0.05, 0) is 62.8 Å². The second-order valence-corrected chi connectivity index (χ2v) is 8.99. The average molecular weight is 575 g/mol. The maximum Gasteiger partial charge on any atom is 0.193 e. The molecule has 0 unspecified atom stereocenters. The van der Waals surface area contributed by atoms with Crippen molar-refractivity contribution in [1.82, 2.24) is 15.1 Å². The second-order valence-electron chi connectivity index (χ2n) is 8.99. The lowest BCUT2D eigenvalue weighted by Crippen LogP contribution is -2.39. The molecule has 7 nitrogen and oxygen atoms in total. The van der Waals surface area contributed by atoms with Crippen LogP contribution >= 0.6 is 24.0 Å². The minimum Gasteiger partial charge on any atom is -0.492 e. The minimum atomic E-state index is 0. The topological polar surface area (TPSA) is 58.6 Å². The van der Waals surface area contributed by atoms with Gasteiger partial charge >= 0.3 is 0 Å². The van der Waals surface area contributed by atoms with Crippen LogP contribution in [0.2, 0.25) is 0 Å². The Morgan fingerprint density at radius 2 is 1.76 bits per heavy atom. The molecule has 1 aromatic carbocycles. The third-order valence-electron chi connectivity index (χ3n) is 6.66. The van der Waals surface area contributed by atoms with Gasteiger partial charge in [0.15, 0.2) is 5.96 Å². The molecule has 3 rings (SSSR count). The molecule has 0 amide bonds. The summed E-state index contributed by atoms with van der Waals surface area (Å²) in [5, 5.41) is 3.49. The van der Waals surface area contributed by atoms with Crippen LogP contribution in [0.15, 0.2) is 29.3 Å². The van der Waals surface area contributed by atoms with E-state index < -0.39 is 0 Å². The van der Waals surface area contributed by atoms with Crippen LogP contribution in [0.1, 0.15) is 37.7 Å². The van der Waals surface area contributed by atoms with E-state index in [1.54, 1.807) is 0 Å². The van der Waals surface area contributed by atoms with E-state index in [0.717, 1.165) is 76.5 Å². The number of guanidine groups is 1. The molecule has 1 aromatic rings. The van der Waals surface area contributed by atoms with Crippen LogP contribution < -0.4 is 10.1 Å². The smallest absolute Gasteiger partial charge is 0.193 e. The Balaban J connectivity index is 0.00000385. The molecule has 0 atom stereocenters. The molecule has 2 aliphatic rings. The SMILES string of the molecule is CN=C(NCc1cccc(OCCN(C)C2CCOCC2)c1)N(C)CCC1CCOCC1.I. The van der Waals surface area contributed by atoms with Crippen LogP contribution in [0.3, 0.4) is 0 Å². The van der Waals surface area contributed by atoms with E-state index in [0.29, 0.717) is 12.6 Å². The van der Waals surface area contributed by atoms with Crippen molar-refractivity contribution in [2.45, 2.75) is 44.7 Å². The molecule has 188 valence electrons. The Labute approximate surface area is 217 Å². The lowest BCUT2D eigenvalue weighted by molar-refractivity contribution is 0.0392. The maximum atomic E-state index is 6.04. The van der Waals surface area contributed by atoms with Gasteiger partial charge < -0.3 is 24.4 Å². The fraction of sp³-hybridized carbons (Fsp3) is 0.720. The molecule has 1 N–H and O–H groups in total. The van der Waals surface area contributed by atoms with Crippen LogP contribution in [-0.2, 0) is 16.0 Å². The van der Waals surface area contributed by atoms with Crippen molar-refractivity contribution in [3.05, 3.63) is 29.8 Å². The number of rotatable bonds is 10. The molecule has 2 aliphatic heterocycles. The Morgan fingerprint density at radius 1 is 1.06 bits per heavy atom. The highest BCUT2D eigenvalue weighted by Gasteiger charge is 2.18. The van der Waals surface area contributed by atoms with Gasteiger partial charge in [-0.2, -0.15) is 0 Å². The first-order valence-corrected chi connectivity index (χ1v) is 12.1. The summed E-state index contributed by atoms with van der Waals surface area (Å²) in [4.78, 5) is 9.08. The van der Waals surface area contributed by atoms with Gasteiger partial charge in [-0.15, -0.1) is 24.0 Å². The molecular weight excluding hydrogens is 531 g/mol. The van der Waals surface area contributed by atoms with Gasteiger partial charge in [0.05, 0.1) is 0 Å². The van der Waals surface area contributed by atoms with E-state index in [1.165, 1.54) is 24.8 Å². The molecule has 2 saturated heterocycles. The van der Waals surface area contributed by atoms with Crippen LogP contribution in [-0.4, -0.2) is 89.1 Å². The molecule has 8 heteroatoms. The van der Waals surface area contributed by atoms with E-state index >= 15 is 0 Å². The van der Waals surface area contributed by atoms with E-state index in [-0.39, 0.29) is 24.0 Å². The van der Waals surface area contributed by atoms with Crippen molar-refractivity contribution < 1.29 is 14.2 Å². The predicted molar refractivity (Wildman–Crippen MR) is 145 cm³/mol. The van der Waals surface area contributed by atoms with Gasteiger partial charge in [0.25, 0.3) is 0 Å². The monoisotopic (exact) mass is 574 g/mol. The predicted octanol–water partition coefficient (Wildman–Crippen LogP) is 3.62. The summed E-state index contributed by atoms with van der Waals surface area (Å²) in [5.41, 5.74) is 1.19. The summed E-state index contributed by atoms with van der Waals surface area (Å²) in [5.74, 6) is 2.62. The third kappa shape index (κ3) is 9.96. The molecule has 0 aliphatic carbocycles. The number of nitrogens with one attached hydrogen (secondary N) is 1. The van der Waals surface area contributed by atoms with Crippen molar-refractivity contribution in [3.8, 4) is 5.75 Å². The summed E-state index contributed by atoms with van der Waals surface area (Å²) in [6, 6.07) is 8.96. The van der Waals surface area contributed by atoms with Crippen molar-refractivity contribution in [2.24, 2.45) is 10.9 Å². The first-order valence-electron chi connectivity index (χ1n) is 12.1. The van der Waals surface area contributed by atoms with Gasteiger partial charge in [0, 0.05) is 66.2 Å². The first-order chi connectivity index (χ1) is 15.7. The Hall–Kier alpha value is -1.10. The van der Waals surface area contributed by atoms with Crippen LogP contribution in [0.4, 0.5) is 0 Å². The quantitative estimate of drug-likeness (QED) is 0.262. The second kappa shape index (κ2) is 15.7. The molecule has 0 saturated carbocycles. The summed E-state index contributed by atoms with van der Waals surface area (Å²) in [6.07, 6.45) is 5.77. The van der Waals surface area contributed by atoms with E-state index in [1.807, 2.05) is 13.1 Å². The summed E-state index contributed by atoms with van der Waals surface area (Å²) in [6.45, 7) is 6.93. The Morgan fingerprint density at radius 3 is 2.45 bits per heavy atom. The highest BCUT2D eigenvalue weighted by molar-refractivity contribution is 14.0. The molecule has 33 heavy (non-hydrogen) atoms. The van der Waals surface area contributed by atoms with Crippen LogP contribution in [0, 0.1) is 5.92 Å².